The van der Waals surface area contributed by atoms with Gasteiger partial charge in [0.1, 0.15) is 6.33 Å². The van der Waals surface area contributed by atoms with Crippen molar-refractivity contribution in [2.75, 3.05) is 11.4 Å². The monoisotopic (exact) mass is 304 g/mol. The number of aromatic nitrogens is 2. The first-order chi connectivity index (χ1) is 10.2. The maximum atomic E-state index is 11.3. The van der Waals surface area contributed by atoms with Gasteiger partial charge in [-0.3, -0.25) is 10.1 Å². The Morgan fingerprint density at radius 2 is 2.05 bits per heavy atom. The van der Waals surface area contributed by atoms with Crippen LogP contribution < -0.4 is 4.90 Å². The lowest BCUT2D eigenvalue weighted by molar-refractivity contribution is -0.384. The van der Waals surface area contributed by atoms with Crippen LogP contribution in [0.1, 0.15) is 18.4 Å². The van der Waals surface area contributed by atoms with E-state index in [0.717, 1.165) is 24.9 Å². The van der Waals surface area contributed by atoms with Gasteiger partial charge in [-0.25, -0.2) is 9.97 Å². The topological polar surface area (TPSA) is 72.2 Å². The molecule has 0 saturated carbocycles. The highest BCUT2D eigenvalue weighted by molar-refractivity contribution is 6.31. The van der Waals surface area contributed by atoms with Gasteiger partial charge in [-0.1, -0.05) is 29.8 Å². The van der Waals surface area contributed by atoms with E-state index in [4.69, 9.17) is 11.6 Å². The molecule has 1 aliphatic rings. The number of rotatable bonds is 2. The van der Waals surface area contributed by atoms with Crippen molar-refractivity contribution < 1.29 is 4.92 Å². The van der Waals surface area contributed by atoms with Crippen LogP contribution in [0.4, 0.5) is 17.2 Å². The van der Waals surface area contributed by atoms with Gasteiger partial charge >= 0.3 is 5.69 Å². The second-order valence-corrected chi connectivity index (χ2v) is 5.19. The average molecular weight is 305 g/mol. The summed E-state index contributed by atoms with van der Waals surface area (Å²) in [4.78, 5) is 20.5. The molecule has 0 aliphatic carbocycles. The summed E-state index contributed by atoms with van der Waals surface area (Å²) in [5.74, 6) is 0.259. The number of hydrogen-bond acceptors (Lipinski definition) is 5. The molecule has 0 unspecified atom stereocenters. The van der Waals surface area contributed by atoms with Crippen LogP contribution in [-0.4, -0.2) is 21.4 Å². The molecule has 0 amide bonds. The molecule has 108 valence electrons. The van der Waals surface area contributed by atoms with E-state index in [0.29, 0.717) is 6.54 Å². The normalized spacial score (nSPS) is 14.4. The van der Waals surface area contributed by atoms with Crippen LogP contribution in [0, 0.1) is 10.1 Å². The van der Waals surface area contributed by atoms with Gasteiger partial charge in [-0.2, -0.15) is 0 Å². The Morgan fingerprint density at radius 3 is 2.86 bits per heavy atom. The molecule has 0 radical (unpaired) electrons. The number of benzene rings is 1. The molecule has 1 aromatic heterocycles. The lowest BCUT2D eigenvalue weighted by Crippen LogP contribution is -2.20. The van der Waals surface area contributed by atoms with Crippen LogP contribution in [0.15, 0.2) is 30.6 Å². The molecular weight excluding hydrogens is 292 g/mol. The lowest BCUT2D eigenvalue weighted by atomic mass is 10.1. The van der Waals surface area contributed by atoms with Gasteiger partial charge in [0.25, 0.3) is 0 Å². The fourth-order valence-corrected chi connectivity index (χ4v) is 2.81. The van der Waals surface area contributed by atoms with Crippen molar-refractivity contribution in [1.29, 1.82) is 0 Å². The van der Waals surface area contributed by atoms with Gasteiger partial charge in [0.2, 0.25) is 11.0 Å². The lowest BCUT2D eigenvalue weighted by Gasteiger charge is -2.23. The molecule has 0 saturated heterocycles. The molecule has 2 aromatic rings. The van der Waals surface area contributed by atoms with Gasteiger partial charge in [-0.05, 0) is 30.9 Å². The van der Waals surface area contributed by atoms with Gasteiger partial charge < -0.3 is 4.90 Å². The second kappa shape index (κ2) is 5.65. The Labute approximate surface area is 126 Å². The van der Waals surface area contributed by atoms with E-state index in [9.17, 15) is 10.1 Å². The number of nitro groups is 1. The van der Waals surface area contributed by atoms with Crippen LogP contribution in [0.3, 0.4) is 0 Å². The van der Waals surface area contributed by atoms with Crippen molar-refractivity contribution in [3.05, 3.63) is 51.4 Å². The average Bonchev–Trinajstić information content (AvgIpc) is 2.68. The third-order valence-corrected chi connectivity index (χ3v) is 3.83. The number of nitrogens with zero attached hydrogens (tertiary/aromatic N) is 4. The Morgan fingerprint density at radius 1 is 1.24 bits per heavy atom. The molecule has 0 fully saturated rings. The summed E-state index contributed by atoms with van der Waals surface area (Å²) in [6.07, 6.45) is 4.20. The number of para-hydroxylation sites is 1. The van der Waals surface area contributed by atoms with E-state index in [1.807, 2.05) is 29.2 Å². The Hall–Kier alpha value is -2.21. The quantitative estimate of drug-likeness (QED) is 0.482. The highest BCUT2D eigenvalue weighted by Crippen LogP contribution is 2.38. The molecule has 3 rings (SSSR count). The summed E-state index contributed by atoms with van der Waals surface area (Å²) < 4.78 is 0. The van der Waals surface area contributed by atoms with Crippen molar-refractivity contribution in [1.82, 2.24) is 9.97 Å². The molecule has 6 nitrogen and oxygen atoms in total. The predicted molar refractivity (Wildman–Crippen MR) is 80.1 cm³/mol. The molecule has 0 spiro atoms. The fraction of sp³-hybridized carbons (Fsp3) is 0.286. The third-order valence-electron chi connectivity index (χ3n) is 3.56. The summed E-state index contributed by atoms with van der Waals surface area (Å²) in [6, 6.07) is 7.90. The van der Waals surface area contributed by atoms with Crippen LogP contribution in [0.5, 0.6) is 0 Å². The smallest absolute Gasteiger partial charge is 0.320 e. The van der Waals surface area contributed by atoms with Crippen LogP contribution in [0.25, 0.3) is 0 Å². The minimum Gasteiger partial charge on any atom is -0.320 e. The van der Waals surface area contributed by atoms with Crippen LogP contribution in [-0.2, 0) is 6.42 Å². The summed E-state index contributed by atoms with van der Waals surface area (Å²) in [7, 11) is 0. The van der Waals surface area contributed by atoms with E-state index in [1.54, 1.807) is 0 Å². The zero-order chi connectivity index (χ0) is 14.8. The third kappa shape index (κ3) is 2.54. The maximum absolute atomic E-state index is 11.3. The summed E-state index contributed by atoms with van der Waals surface area (Å²) in [6.45, 7) is 0.672. The number of anilines is 2. The highest BCUT2D eigenvalue weighted by Gasteiger charge is 2.28. The first kappa shape index (κ1) is 13.8. The molecule has 1 aromatic carbocycles. The molecular formula is C14H13ClN4O2. The van der Waals surface area contributed by atoms with E-state index < -0.39 is 4.92 Å². The summed E-state index contributed by atoms with van der Waals surface area (Å²) in [5.41, 5.74) is 1.88. The van der Waals surface area contributed by atoms with Crippen LogP contribution >= 0.6 is 11.6 Å². The number of halogens is 1. The molecule has 0 bridgehead atoms. The van der Waals surface area contributed by atoms with Gasteiger partial charge in [0, 0.05) is 12.2 Å². The van der Waals surface area contributed by atoms with Crippen molar-refractivity contribution in [3.63, 3.8) is 0 Å². The van der Waals surface area contributed by atoms with E-state index in [1.165, 1.54) is 11.9 Å². The standard InChI is InChI=1S/C14H13ClN4O2/c15-13-12(19(20)21)14(17-9-16-13)18-8-4-3-6-10-5-1-2-7-11(10)18/h1-2,5,7,9H,3-4,6,8H2. The van der Waals surface area contributed by atoms with Gasteiger partial charge in [0.15, 0.2) is 0 Å². The maximum Gasteiger partial charge on any atom is 0.348 e. The molecule has 7 heteroatoms. The number of fused-ring (bicyclic) bond motifs is 1. The van der Waals surface area contributed by atoms with Crippen molar-refractivity contribution in [2.24, 2.45) is 0 Å². The number of aryl methyl sites for hydroxylation is 1. The molecule has 21 heavy (non-hydrogen) atoms. The van der Waals surface area contributed by atoms with Crippen molar-refractivity contribution >= 4 is 28.8 Å². The first-order valence-electron chi connectivity index (χ1n) is 6.69. The highest BCUT2D eigenvalue weighted by atomic mass is 35.5. The molecule has 2 heterocycles. The Bertz CT molecular complexity index is 692. The minimum absolute atomic E-state index is 0.133. The molecule has 0 N–H and O–H groups in total. The van der Waals surface area contributed by atoms with Crippen LogP contribution in [0.2, 0.25) is 5.15 Å². The van der Waals surface area contributed by atoms with E-state index in [2.05, 4.69) is 9.97 Å². The zero-order valence-corrected chi connectivity index (χ0v) is 12.0. The molecule has 1 aliphatic heterocycles. The molecule has 0 atom stereocenters. The first-order valence-corrected chi connectivity index (χ1v) is 7.06. The van der Waals surface area contributed by atoms with E-state index in [-0.39, 0.29) is 16.7 Å². The fourth-order valence-electron chi connectivity index (χ4n) is 2.61. The summed E-state index contributed by atoms with van der Waals surface area (Å²) >= 11 is 5.89. The zero-order valence-electron chi connectivity index (χ0n) is 11.2. The minimum atomic E-state index is -0.523. The second-order valence-electron chi connectivity index (χ2n) is 4.83. The van der Waals surface area contributed by atoms with Gasteiger partial charge in [0.05, 0.1) is 4.92 Å². The summed E-state index contributed by atoms with van der Waals surface area (Å²) in [5, 5.41) is 11.2. The Balaban J connectivity index is 2.17. The Kier molecular flexibility index (Phi) is 3.70. The van der Waals surface area contributed by atoms with Crippen molar-refractivity contribution in [2.45, 2.75) is 19.3 Å². The SMILES string of the molecule is O=[N+]([O-])c1c(Cl)ncnc1N1CCCCc2ccccc21. The number of hydrogen-bond donors (Lipinski definition) is 0. The van der Waals surface area contributed by atoms with Gasteiger partial charge in [-0.15, -0.1) is 0 Å². The van der Waals surface area contributed by atoms with Crippen molar-refractivity contribution in [3.8, 4) is 0 Å². The largest absolute Gasteiger partial charge is 0.348 e. The van der Waals surface area contributed by atoms with E-state index >= 15 is 0 Å². The predicted octanol–water partition coefficient (Wildman–Crippen LogP) is 3.51.